The van der Waals surface area contributed by atoms with Gasteiger partial charge in [0.05, 0.1) is 11.3 Å². The fraction of sp³-hybridized carbons (Fsp3) is 0.200. The summed E-state index contributed by atoms with van der Waals surface area (Å²) in [5.74, 6) is 0.491. The summed E-state index contributed by atoms with van der Waals surface area (Å²) >= 11 is 1.58. The van der Waals surface area contributed by atoms with Crippen LogP contribution in [0.15, 0.2) is 53.9 Å². The molecule has 0 saturated carbocycles. The largest absolute Gasteiger partial charge is 0.486 e. The number of nitrogens with two attached hydrogens (primary N) is 1. The van der Waals surface area contributed by atoms with Crippen LogP contribution >= 0.6 is 11.3 Å². The number of primary amides is 1. The first-order chi connectivity index (χ1) is 12.0. The molecule has 2 aromatic carbocycles. The predicted molar refractivity (Wildman–Crippen MR) is 101 cm³/mol. The highest BCUT2D eigenvalue weighted by atomic mass is 32.1. The molecule has 3 aromatic rings. The van der Waals surface area contributed by atoms with Gasteiger partial charge in [0.2, 0.25) is 0 Å². The molecule has 0 aliphatic rings. The van der Waals surface area contributed by atoms with Crippen LogP contribution in [-0.2, 0) is 6.61 Å². The first-order valence-electron chi connectivity index (χ1n) is 8.11. The monoisotopic (exact) mass is 352 g/mol. The Morgan fingerprint density at radius 2 is 1.88 bits per heavy atom. The van der Waals surface area contributed by atoms with Gasteiger partial charge in [0, 0.05) is 10.9 Å². The van der Waals surface area contributed by atoms with Crippen molar-refractivity contribution >= 4 is 17.2 Å². The zero-order valence-corrected chi connectivity index (χ0v) is 15.0. The molecule has 0 radical (unpaired) electrons. The van der Waals surface area contributed by atoms with Crippen LogP contribution in [0.3, 0.4) is 0 Å². The van der Waals surface area contributed by atoms with Gasteiger partial charge in [-0.2, -0.15) is 0 Å². The van der Waals surface area contributed by atoms with E-state index >= 15 is 0 Å². The van der Waals surface area contributed by atoms with E-state index in [1.807, 2.05) is 11.4 Å². The highest BCUT2D eigenvalue weighted by Gasteiger charge is 2.10. The Hall–Kier alpha value is -2.66. The number of carbonyl (C=O) groups is 1. The number of hydrogen-bond donors (Lipinski definition) is 1. The molecule has 0 fully saturated rings. The molecule has 0 atom stereocenters. The van der Waals surface area contributed by atoms with Crippen LogP contribution < -0.4 is 10.5 Å². The van der Waals surface area contributed by atoms with Gasteiger partial charge in [-0.15, -0.1) is 11.3 Å². The van der Waals surface area contributed by atoms with E-state index < -0.39 is 5.91 Å². The number of aromatic nitrogens is 1. The van der Waals surface area contributed by atoms with Gasteiger partial charge in [0.1, 0.15) is 17.4 Å². The number of nitrogens with zero attached hydrogens (tertiary/aromatic N) is 1. The maximum atomic E-state index is 11.4. The minimum Gasteiger partial charge on any atom is -0.486 e. The Morgan fingerprint density at radius 3 is 2.56 bits per heavy atom. The van der Waals surface area contributed by atoms with Crippen LogP contribution in [0.1, 0.15) is 41.4 Å². The van der Waals surface area contributed by atoms with Crippen molar-refractivity contribution in [3.05, 3.63) is 70.7 Å². The second-order valence-electron chi connectivity index (χ2n) is 6.07. The van der Waals surface area contributed by atoms with Crippen LogP contribution in [0.25, 0.3) is 10.6 Å². The van der Waals surface area contributed by atoms with Crippen LogP contribution in [0.4, 0.5) is 0 Å². The number of hydrogen-bond acceptors (Lipinski definition) is 4. The van der Waals surface area contributed by atoms with E-state index in [-0.39, 0.29) is 0 Å². The minimum atomic E-state index is -0.500. The van der Waals surface area contributed by atoms with Gasteiger partial charge < -0.3 is 10.5 Å². The van der Waals surface area contributed by atoms with Crippen molar-refractivity contribution in [2.45, 2.75) is 26.4 Å². The number of benzene rings is 2. The van der Waals surface area contributed by atoms with Crippen molar-refractivity contribution in [2.24, 2.45) is 5.73 Å². The van der Waals surface area contributed by atoms with Gasteiger partial charge in [-0.25, -0.2) is 4.98 Å². The first kappa shape index (κ1) is 17.2. The summed E-state index contributed by atoms with van der Waals surface area (Å²) in [5.41, 5.74) is 8.98. The molecule has 0 aliphatic heterocycles. The summed E-state index contributed by atoms with van der Waals surface area (Å²) in [6.45, 7) is 4.65. The van der Waals surface area contributed by atoms with E-state index in [9.17, 15) is 4.79 Å². The van der Waals surface area contributed by atoms with Crippen LogP contribution in [0, 0.1) is 0 Å². The molecule has 1 heterocycles. The van der Waals surface area contributed by atoms with Crippen LogP contribution in [0.5, 0.6) is 5.75 Å². The minimum absolute atomic E-state index is 0.296. The summed E-state index contributed by atoms with van der Waals surface area (Å²) in [6, 6.07) is 15.4. The predicted octanol–water partition coefficient (Wildman–Crippen LogP) is 4.61. The van der Waals surface area contributed by atoms with Crippen molar-refractivity contribution in [1.82, 2.24) is 4.98 Å². The number of rotatable bonds is 6. The molecule has 1 aromatic heterocycles. The SMILES string of the molecule is CC(C)c1ccc(-c2nc(COc3ccccc3C(N)=O)cs2)cc1. The zero-order chi connectivity index (χ0) is 17.8. The number of thiazole rings is 1. The summed E-state index contributed by atoms with van der Waals surface area (Å²) in [6.07, 6.45) is 0. The Bertz CT molecular complexity index is 869. The van der Waals surface area contributed by atoms with Gasteiger partial charge in [-0.1, -0.05) is 50.2 Å². The topological polar surface area (TPSA) is 65.2 Å². The summed E-state index contributed by atoms with van der Waals surface area (Å²) < 4.78 is 5.73. The molecule has 0 bridgehead atoms. The maximum Gasteiger partial charge on any atom is 0.252 e. The smallest absolute Gasteiger partial charge is 0.252 e. The van der Waals surface area contributed by atoms with Crippen LogP contribution in [-0.4, -0.2) is 10.9 Å². The zero-order valence-electron chi connectivity index (χ0n) is 14.2. The Labute approximate surface area is 151 Å². The van der Waals surface area contributed by atoms with Gasteiger partial charge in [0.15, 0.2) is 0 Å². The highest BCUT2D eigenvalue weighted by Crippen LogP contribution is 2.26. The first-order valence-corrected chi connectivity index (χ1v) is 8.99. The third-order valence-corrected chi connectivity index (χ3v) is 4.84. The fourth-order valence-electron chi connectivity index (χ4n) is 2.46. The Morgan fingerprint density at radius 1 is 1.16 bits per heavy atom. The number of para-hydroxylation sites is 1. The van der Waals surface area contributed by atoms with E-state index in [1.165, 1.54) is 5.56 Å². The molecule has 5 heteroatoms. The summed E-state index contributed by atoms with van der Waals surface area (Å²) in [4.78, 5) is 16.0. The molecule has 0 aliphatic carbocycles. The lowest BCUT2D eigenvalue weighted by Gasteiger charge is -2.07. The lowest BCUT2D eigenvalue weighted by atomic mass is 10.0. The molecule has 128 valence electrons. The lowest BCUT2D eigenvalue weighted by Crippen LogP contribution is -2.12. The van der Waals surface area contributed by atoms with Crippen molar-refractivity contribution in [2.75, 3.05) is 0 Å². The van der Waals surface area contributed by atoms with E-state index in [2.05, 4.69) is 43.1 Å². The van der Waals surface area contributed by atoms with Gasteiger partial charge in [-0.3, -0.25) is 4.79 Å². The van der Waals surface area contributed by atoms with Crippen molar-refractivity contribution in [1.29, 1.82) is 0 Å². The van der Waals surface area contributed by atoms with Crippen molar-refractivity contribution in [3.63, 3.8) is 0 Å². The summed E-state index contributed by atoms with van der Waals surface area (Å²) in [5, 5.41) is 2.93. The molecule has 25 heavy (non-hydrogen) atoms. The molecule has 0 unspecified atom stereocenters. The Kier molecular flexibility index (Phi) is 5.14. The fourth-order valence-corrected chi connectivity index (χ4v) is 3.27. The van der Waals surface area contributed by atoms with E-state index in [4.69, 9.17) is 10.5 Å². The third-order valence-electron chi connectivity index (χ3n) is 3.90. The number of amides is 1. The maximum absolute atomic E-state index is 11.4. The standard InChI is InChI=1S/C20H20N2O2S/c1-13(2)14-7-9-15(10-8-14)20-22-16(12-25-20)11-24-18-6-4-3-5-17(18)19(21)23/h3-10,12-13H,11H2,1-2H3,(H2,21,23). The molecule has 3 rings (SSSR count). The molecule has 4 nitrogen and oxygen atoms in total. The molecule has 2 N–H and O–H groups in total. The van der Waals surface area contributed by atoms with E-state index in [0.717, 1.165) is 16.3 Å². The average Bonchev–Trinajstić information content (AvgIpc) is 3.09. The van der Waals surface area contributed by atoms with Gasteiger partial charge in [0.25, 0.3) is 5.91 Å². The van der Waals surface area contributed by atoms with Gasteiger partial charge in [-0.05, 0) is 23.6 Å². The molecule has 0 saturated heterocycles. The molecule has 0 spiro atoms. The second kappa shape index (κ2) is 7.49. The highest BCUT2D eigenvalue weighted by molar-refractivity contribution is 7.13. The summed E-state index contributed by atoms with van der Waals surface area (Å²) in [7, 11) is 0. The van der Waals surface area contributed by atoms with Crippen LogP contribution in [0.2, 0.25) is 0 Å². The normalized spacial score (nSPS) is 10.8. The molecule has 1 amide bonds. The number of carbonyl (C=O) groups excluding carboxylic acids is 1. The van der Waals surface area contributed by atoms with Gasteiger partial charge >= 0.3 is 0 Å². The molecular formula is C20H20N2O2S. The molecular weight excluding hydrogens is 332 g/mol. The van der Waals surface area contributed by atoms with Crippen molar-refractivity contribution in [3.8, 4) is 16.3 Å². The lowest BCUT2D eigenvalue weighted by molar-refractivity contribution is 0.0996. The van der Waals surface area contributed by atoms with E-state index in [0.29, 0.717) is 23.8 Å². The quantitative estimate of drug-likeness (QED) is 0.704. The van der Waals surface area contributed by atoms with E-state index in [1.54, 1.807) is 29.5 Å². The Balaban J connectivity index is 1.71. The second-order valence-corrected chi connectivity index (χ2v) is 6.93. The average molecular weight is 352 g/mol. The van der Waals surface area contributed by atoms with Crippen molar-refractivity contribution < 1.29 is 9.53 Å². The third kappa shape index (κ3) is 4.06. The number of ether oxygens (including phenoxy) is 1.